The van der Waals surface area contributed by atoms with Crippen LogP contribution in [0.4, 0.5) is 10.5 Å². The van der Waals surface area contributed by atoms with Crippen LogP contribution in [0.5, 0.6) is 0 Å². The Bertz CT molecular complexity index is 571. The fourth-order valence-electron chi connectivity index (χ4n) is 2.73. The number of amides is 2. The predicted molar refractivity (Wildman–Crippen MR) is 83.1 cm³/mol. The number of carbonyl (C=O) groups excluding carboxylic acids is 1. The Balaban J connectivity index is 1.56. The molecule has 2 aromatic rings. The molecule has 2 amide bonds. The smallest absolute Gasteiger partial charge is 0.319 e. The number of nitrogens with one attached hydrogen (secondary N) is 3. The normalized spacial score (nSPS) is 15.6. The highest BCUT2D eigenvalue weighted by Crippen LogP contribution is 2.19. The Labute approximate surface area is 124 Å². The summed E-state index contributed by atoms with van der Waals surface area (Å²) < 4.78 is 0. The van der Waals surface area contributed by atoms with Gasteiger partial charge in [0.15, 0.2) is 0 Å². The number of imidazole rings is 1. The summed E-state index contributed by atoms with van der Waals surface area (Å²) in [6.07, 6.45) is 9.40. The molecule has 5 nitrogen and oxygen atoms in total. The van der Waals surface area contributed by atoms with Crippen molar-refractivity contribution in [3.8, 4) is 11.4 Å². The second kappa shape index (κ2) is 6.43. The van der Waals surface area contributed by atoms with Gasteiger partial charge in [0.05, 0.1) is 0 Å². The van der Waals surface area contributed by atoms with Crippen molar-refractivity contribution in [3.05, 3.63) is 36.7 Å². The van der Waals surface area contributed by atoms with Crippen molar-refractivity contribution in [2.45, 2.75) is 38.1 Å². The fraction of sp³-hybridized carbons (Fsp3) is 0.375. The zero-order valence-electron chi connectivity index (χ0n) is 11.9. The molecule has 1 fully saturated rings. The maximum atomic E-state index is 12.0. The minimum Gasteiger partial charge on any atom is -0.345 e. The summed E-state index contributed by atoms with van der Waals surface area (Å²) in [5.41, 5.74) is 1.79. The molecule has 0 unspecified atom stereocenters. The van der Waals surface area contributed by atoms with Crippen LogP contribution in [-0.2, 0) is 0 Å². The summed E-state index contributed by atoms with van der Waals surface area (Å²) in [4.78, 5) is 19.2. The number of benzene rings is 1. The molecular formula is C16H20N4O. The van der Waals surface area contributed by atoms with Crippen LogP contribution in [0.25, 0.3) is 11.4 Å². The zero-order chi connectivity index (χ0) is 14.5. The molecule has 5 heteroatoms. The largest absolute Gasteiger partial charge is 0.345 e. The van der Waals surface area contributed by atoms with E-state index in [2.05, 4.69) is 20.6 Å². The predicted octanol–water partition coefficient (Wildman–Crippen LogP) is 3.53. The van der Waals surface area contributed by atoms with E-state index in [1.165, 1.54) is 19.3 Å². The molecule has 0 atom stereocenters. The molecule has 0 radical (unpaired) electrons. The molecule has 1 aromatic heterocycles. The van der Waals surface area contributed by atoms with Crippen LogP contribution < -0.4 is 10.6 Å². The molecule has 3 N–H and O–H groups in total. The molecule has 0 spiro atoms. The number of nitrogens with zero attached hydrogens (tertiary/aromatic N) is 1. The van der Waals surface area contributed by atoms with E-state index >= 15 is 0 Å². The quantitative estimate of drug-likeness (QED) is 0.807. The number of urea groups is 1. The van der Waals surface area contributed by atoms with Crippen LogP contribution in [0.15, 0.2) is 36.7 Å². The molecule has 1 aliphatic rings. The molecule has 0 bridgehead atoms. The second-order valence-corrected chi connectivity index (χ2v) is 5.45. The topological polar surface area (TPSA) is 69.8 Å². The molecule has 0 aliphatic heterocycles. The van der Waals surface area contributed by atoms with Gasteiger partial charge in [-0.3, -0.25) is 0 Å². The fourth-order valence-corrected chi connectivity index (χ4v) is 2.73. The van der Waals surface area contributed by atoms with Crippen molar-refractivity contribution in [2.75, 3.05) is 5.32 Å². The third-order valence-electron chi connectivity index (χ3n) is 3.85. The number of H-pyrrole nitrogens is 1. The van der Waals surface area contributed by atoms with Gasteiger partial charge in [-0.1, -0.05) is 19.3 Å². The molecule has 0 saturated heterocycles. The number of aromatic nitrogens is 2. The van der Waals surface area contributed by atoms with E-state index in [0.717, 1.165) is 29.9 Å². The van der Waals surface area contributed by atoms with Crippen LogP contribution in [0.3, 0.4) is 0 Å². The van der Waals surface area contributed by atoms with E-state index in [4.69, 9.17) is 0 Å². The van der Waals surface area contributed by atoms with Gasteiger partial charge in [0, 0.05) is 29.7 Å². The van der Waals surface area contributed by atoms with Crippen LogP contribution in [0.2, 0.25) is 0 Å². The first kappa shape index (κ1) is 13.7. The first-order valence-electron chi connectivity index (χ1n) is 7.48. The summed E-state index contributed by atoms with van der Waals surface area (Å²) in [6.45, 7) is 0. The van der Waals surface area contributed by atoms with Gasteiger partial charge in [-0.05, 0) is 37.1 Å². The highest BCUT2D eigenvalue weighted by atomic mass is 16.2. The lowest BCUT2D eigenvalue weighted by molar-refractivity contribution is 0.244. The van der Waals surface area contributed by atoms with Crippen LogP contribution in [-0.4, -0.2) is 22.0 Å². The van der Waals surface area contributed by atoms with Gasteiger partial charge in [0.1, 0.15) is 5.82 Å². The number of hydrogen-bond donors (Lipinski definition) is 3. The Morgan fingerprint density at radius 2 is 1.90 bits per heavy atom. The van der Waals surface area contributed by atoms with Crippen molar-refractivity contribution in [1.82, 2.24) is 15.3 Å². The van der Waals surface area contributed by atoms with Gasteiger partial charge in [-0.25, -0.2) is 9.78 Å². The molecule has 1 heterocycles. The van der Waals surface area contributed by atoms with Crippen molar-refractivity contribution < 1.29 is 4.79 Å². The maximum Gasteiger partial charge on any atom is 0.319 e. The molecule has 1 aliphatic carbocycles. The number of carbonyl (C=O) groups is 1. The molecular weight excluding hydrogens is 264 g/mol. The first-order valence-corrected chi connectivity index (χ1v) is 7.48. The molecule has 21 heavy (non-hydrogen) atoms. The van der Waals surface area contributed by atoms with Gasteiger partial charge in [0.25, 0.3) is 0 Å². The summed E-state index contributed by atoms with van der Waals surface area (Å²) in [6, 6.07) is 7.86. The van der Waals surface area contributed by atoms with E-state index in [1.54, 1.807) is 12.4 Å². The Morgan fingerprint density at radius 3 is 2.57 bits per heavy atom. The zero-order valence-corrected chi connectivity index (χ0v) is 11.9. The Hall–Kier alpha value is -2.30. The van der Waals surface area contributed by atoms with E-state index in [9.17, 15) is 4.79 Å². The minimum atomic E-state index is -0.118. The Kier molecular flexibility index (Phi) is 4.19. The summed E-state index contributed by atoms with van der Waals surface area (Å²) in [5.74, 6) is 0.827. The third kappa shape index (κ3) is 3.62. The first-order chi connectivity index (χ1) is 10.3. The summed E-state index contributed by atoms with van der Waals surface area (Å²) >= 11 is 0. The van der Waals surface area contributed by atoms with E-state index in [0.29, 0.717) is 6.04 Å². The number of aromatic amines is 1. The summed E-state index contributed by atoms with van der Waals surface area (Å²) in [7, 11) is 0. The monoisotopic (exact) mass is 284 g/mol. The standard InChI is InChI=1S/C16H20N4O/c21-16(19-13-4-2-1-3-5-13)20-14-8-6-12(7-9-14)15-17-10-11-18-15/h6-11,13H,1-5H2,(H,17,18)(H2,19,20,21). The summed E-state index contributed by atoms with van der Waals surface area (Å²) in [5, 5.41) is 5.92. The van der Waals surface area contributed by atoms with Crippen LogP contribution in [0, 0.1) is 0 Å². The lowest BCUT2D eigenvalue weighted by Crippen LogP contribution is -2.38. The molecule has 3 rings (SSSR count). The van der Waals surface area contributed by atoms with E-state index < -0.39 is 0 Å². The number of hydrogen-bond acceptors (Lipinski definition) is 2. The van der Waals surface area contributed by atoms with Crippen molar-refractivity contribution >= 4 is 11.7 Å². The minimum absolute atomic E-state index is 0.118. The SMILES string of the molecule is O=C(Nc1ccc(-c2ncc[nH]2)cc1)NC1CCCCC1. The van der Waals surface area contributed by atoms with Crippen molar-refractivity contribution in [2.24, 2.45) is 0 Å². The average Bonchev–Trinajstić information content (AvgIpc) is 3.03. The van der Waals surface area contributed by atoms with Gasteiger partial charge in [-0.15, -0.1) is 0 Å². The lowest BCUT2D eigenvalue weighted by Gasteiger charge is -2.22. The average molecular weight is 284 g/mol. The molecule has 1 saturated carbocycles. The van der Waals surface area contributed by atoms with E-state index in [1.807, 2.05) is 24.3 Å². The molecule has 110 valence electrons. The highest BCUT2D eigenvalue weighted by molar-refractivity contribution is 5.89. The number of rotatable bonds is 3. The van der Waals surface area contributed by atoms with Gasteiger partial charge < -0.3 is 15.6 Å². The lowest BCUT2D eigenvalue weighted by atomic mass is 9.96. The van der Waals surface area contributed by atoms with Gasteiger partial charge in [0.2, 0.25) is 0 Å². The Morgan fingerprint density at radius 1 is 1.14 bits per heavy atom. The van der Waals surface area contributed by atoms with Crippen molar-refractivity contribution in [1.29, 1.82) is 0 Å². The van der Waals surface area contributed by atoms with Gasteiger partial charge >= 0.3 is 6.03 Å². The highest BCUT2D eigenvalue weighted by Gasteiger charge is 2.15. The van der Waals surface area contributed by atoms with Crippen LogP contribution in [0.1, 0.15) is 32.1 Å². The van der Waals surface area contributed by atoms with E-state index in [-0.39, 0.29) is 6.03 Å². The van der Waals surface area contributed by atoms with Crippen LogP contribution >= 0.6 is 0 Å². The maximum absolute atomic E-state index is 12.0. The second-order valence-electron chi connectivity index (χ2n) is 5.45. The van der Waals surface area contributed by atoms with Gasteiger partial charge in [-0.2, -0.15) is 0 Å². The third-order valence-corrected chi connectivity index (χ3v) is 3.85. The van der Waals surface area contributed by atoms with Crippen molar-refractivity contribution in [3.63, 3.8) is 0 Å². The number of anilines is 1. The molecule has 1 aromatic carbocycles.